The zero-order chi connectivity index (χ0) is 19.4. The number of hydrogen-bond acceptors (Lipinski definition) is 6. The third-order valence-corrected chi connectivity index (χ3v) is 4.58. The summed E-state index contributed by atoms with van der Waals surface area (Å²) in [5.41, 5.74) is 2.60. The molecule has 0 atom stereocenters. The molecule has 0 bridgehead atoms. The molecule has 1 saturated heterocycles. The molecule has 7 heteroatoms. The second-order valence-electron chi connectivity index (χ2n) is 6.83. The number of piperidine rings is 1. The summed E-state index contributed by atoms with van der Waals surface area (Å²) in [6.45, 7) is 4.01. The van der Waals surface area contributed by atoms with Gasteiger partial charge in [-0.1, -0.05) is 0 Å². The summed E-state index contributed by atoms with van der Waals surface area (Å²) in [7, 11) is 3.71. The first-order chi connectivity index (χ1) is 13.0. The van der Waals surface area contributed by atoms with Gasteiger partial charge in [0.15, 0.2) is 0 Å². The van der Waals surface area contributed by atoms with Gasteiger partial charge in [-0.2, -0.15) is 0 Å². The van der Waals surface area contributed by atoms with E-state index < -0.39 is 0 Å². The fourth-order valence-electron chi connectivity index (χ4n) is 3.17. The third-order valence-electron chi connectivity index (χ3n) is 4.58. The number of aryl methyl sites for hydroxylation is 1. The van der Waals surface area contributed by atoms with E-state index in [1.807, 2.05) is 32.0 Å². The van der Waals surface area contributed by atoms with Gasteiger partial charge >= 0.3 is 0 Å². The summed E-state index contributed by atoms with van der Waals surface area (Å²) in [5, 5.41) is 2.70. The van der Waals surface area contributed by atoms with Crippen LogP contribution in [0.15, 0.2) is 18.5 Å². The number of hydrogen-bond donors (Lipinski definition) is 1. The Morgan fingerprint density at radius 1 is 1.22 bits per heavy atom. The summed E-state index contributed by atoms with van der Waals surface area (Å²) in [5.74, 6) is 3.34. The predicted octanol–water partition coefficient (Wildman–Crippen LogP) is 2.47. The van der Waals surface area contributed by atoms with Gasteiger partial charge in [0.05, 0.1) is 17.4 Å². The largest absolute Gasteiger partial charge is 0.374 e. The fraction of sp³-hybridized carbons (Fsp3) is 0.400. The van der Waals surface area contributed by atoms with Gasteiger partial charge in [0.25, 0.3) is 5.91 Å². The Morgan fingerprint density at radius 2 is 1.96 bits per heavy atom. The molecule has 3 heterocycles. The molecule has 1 aliphatic heterocycles. The van der Waals surface area contributed by atoms with E-state index in [1.165, 1.54) is 19.3 Å². The quantitative estimate of drug-likeness (QED) is 0.840. The van der Waals surface area contributed by atoms with Crippen LogP contribution in [-0.2, 0) is 0 Å². The van der Waals surface area contributed by atoms with Crippen molar-refractivity contribution in [3.63, 3.8) is 0 Å². The van der Waals surface area contributed by atoms with Gasteiger partial charge in [-0.3, -0.25) is 10.1 Å². The van der Waals surface area contributed by atoms with Crippen molar-refractivity contribution in [3.8, 4) is 12.3 Å². The molecule has 1 amide bonds. The average molecular weight is 364 g/mol. The Morgan fingerprint density at radius 3 is 2.59 bits per heavy atom. The molecular weight excluding hydrogens is 340 g/mol. The number of pyridine rings is 1. The Bertz CT molecular complexity index is 881. The zero-order valence-corrected chi connectivity index (χ0v) is 16.0. The van der Waals surface area contributed by atoms with E-state index in [0.29, 0.717) is 11.3 Å². The Labute approximate surface area is 159 Å². The lowest BCUT2D eigenvalue weighted by molar-refractivity contribution is 0.102. The number of amides is 1. The molecular formula is C20H24N6O. The maximum atomic E-state index is 12.6. The molecule has 1 aliphatic rings. The second kappa shape index (κ2) is 8.04. The highest BCUT2D eigenvalue weighted by Crippen LogP contribution is 2.22. The minimum Gasteiger partial charge on any atom is -0.374 e. The van der Waals surface area contributed by atoms with Crippen molar-refractivity contribution in [1.82, 2.24) is 15.0 Å². The van der Waals surface area contributed by atoms with E-state index in [9.17, 15) is 4.79 Å². The minimum atomic E-state index is -0.309. The topological polar surface area (TPSA) is 74.2 Å². The highest BCUT2D eigenvalue weighted by molar-refractivity contribution is 6.03. The molecule has 0 aliphatic carbocycles. The number of nitrogens with one attached hydrogen (secondary N) is 1. The van der Waals surface area contributed by atoms with Crippen molar-refractivity contribution in [2.75, 3.05) is 42.3 Å². The third kappa shape index (κ3) is 4.17. The van der Waals surface area contributed by atoms with Crippen LogP contribution in [0.2, 0.25) is 0 Å². The van der Waals surface area contributed by atoms with Crippen LogP contribution in [0.3, 0.4) is 0 Å². The molecule has 7 nitrogen and oxygen atoms in total. The molecule has 0 spiro atoms. The molecule has 3 rings (SSSR count). The van der Waals surface area contributed by atoms with Gasteiger partial charge in [-0.15, -0.1) is 6.42 Å². The summed E-state index contributed by atoms with van der Waals surface area (Å²) in [6, 6.07) is 1.85. The number of carbonyl (C=O) groups is 1. The summed E-state index contributed by atoms with van der Waals surface area (Å²) in [6.07, 6.45) is 12.3. The summed E-state index contributed by atoms with van der Waals surface area (Å²) >= 11 is 0. The van der Waals surface area contributed by atoms with E-state index in [0.717, 1.165) is 30.2 Å². The number of nitrogens with zero attached hydrogens (tertiary/aromatic N) is 5. The first kappa shape index (κ1) is 18.6. The lowest BCUT2D eigenvalue weighted by atomic mass is 10.1. The van der Waals surface area contributed by atoms with Crippen LogP contribution in [0, 0.1) is 19.3 Å². The van der Waals surface area contributed by atoms with Crippen LogP contribution < -0.4 is 15.1 Å². The standard InChI is InChI=1S/C20H24N6O/c1-5-16-17(25(3)4)13-22-20(23-16)24-19(27)15-11-14(2)18(21-12-15)26-9-7-6-8-10-26/h1,11-13H,6-10H2,2-4H3,(H,22,23,24,27). The minimum absolute atomic E-state index is 0.177. The van der Waals surface area contributed by atoms with Crippen molar-refractivity contribution >= 4 is 23.4 Å². The van der Waals surface area contributed by atoms with Crippen molar-refractivity contribution in [2.45, 2.75) is 26.2 Å². The summed E-state index contributed by atoms with van der Waals surface area (Å²) < 4.78 is 0. The lowest BCUT2D eigenvalue weighted by Crippen LogP contribution is -2.31. The maximum Gasteiger partial charge on any atom is 0.259 e. The maximum absolute atomic E-state index is 12.6. The summed E-state index contributed by atoms with van der Waals surface area (Å²) in [4.78, 5) is 29.6. The molecule has 140 valence electrons. The molecule has 1 N–H and O–H groups in total. The Kier molecular flexibility index (Phi) is 5.55. The molecule has 0 unspecified atom stereocenters. The van der Waals surface area contributed by atoms with Gasteiger partial charge in [0.2, 0.25) is 5.95 Å². The number of terminal acetylenes is 1. The number of anilines is 3. The van der Waals surface area contributed by atoms with E-state index >= 15 is 0 Å². The number of rotatable bonds is 4. The van der Waals surface area contributed by atoms with Gasteiger partial charge < -0.3 is 9.80 Å². The normalized spacial score (nSPS) is 13.8. The van der Waals surface area contributed by atoms with Crippen molar-refractivity contribution in [1.29, 1.82) is 0 Å². The predicted molar refractivity (Wildman–Crippen MR) is 107 cm³/mol. The second-order valence-corrected chi connectivity index (χ2v) is 6.83. The molecule has 2 aromatic heterocycles. The first-order valence-electron chi connectivity index (χ1n) is 9.03. The smallest absolute Gasteiger partial charge is 0.259 e. The van der Waals surface area contributed by atoms with E-state index in [4.69, 9.17) is 6.42 Å². The van der Waals surface area contributed by atoms with Crippen LogP contribution in [0.5, 0.6) is 0 Å². The zero-order valence-electron chi connectivity index (χ0n) is 16.0. The number of aromatic nitrogens is 3. The van der Waals surface area contributed by atoms with Crippen molar-refractivity contribution in [3.05, 3.63) is 35.3 Å². The monoisotopic (exact) mass is 364 g/mol. The molecule has 0 saturated carbocycles. The number of carbonyl (C=O) groups excluding carboxylic acids is 1. The van der Waals surface area contributed by atoms with Gasteiger partial charge in [0.1, 0.15) is 11.5 Å². The van der Waals surface area contributed by atoms with Crippen LogP contribution >= 0.6 is 0 Å². The average Bonchev–Trinajstić information content (AvgIpc) is 2.68. The SMILES string of the molecule is C#Cc1nc(NC(=O)c2cnc(N3CCCCC3)c(C)c2)ncc1N(C)C. The lowest BCUT2D eigenvalue weighted by Gasteiger charge is -2.29. The van der Waals surface area contributed by atoms with Gasteiger partial charge in [-0.25, -0.2) is 15.0 Å². The van der Waals surface area contributed by atoms with Gasteiger partial charge in [0, 0.05) is 33.4 Å². The molecule has 0 radical (unpaired) electrons. The first-order valence-corrected chi connectivity index (χ1v) is 9.03. The fourth-order valence-corrected chi connectivity index (χ4v) is 3.17. The van der Waals surface area contributed by atoms with Crippen molar-refractivity contribution in [2.24, 2.45) is 0 Å². The van der Waals surface area contributed by atoms with E-state index in [-0.39, 0.29) is 11.9 Å². The van der Waals surface area contributed by atoms with E-state index in [1.54, 1.807) is 12.4 Å². The highest BCUT2D eigenvalue weighted by Gasteiger charge is 2.17. The molecule has 2 aromatic rings. The van der Waals surface area contributed by atoms with E-state index in [2.05, 4.69) is 31.1 Å². The van der Waals surface area contributed by atoms with Crippen LogP contribution in [0.25, 0.3) is 0 Å². The molecule has 0 aromatic carbocycles. The van der Waals surface area contributed by atoms with Crippen LogP contribution in [0.1, 0.15) is 40.9 Å². The molecule has 1 fully saturated rings. The Balaban J connectivity index is 1.76. The van der Waals surface area contributed by atoms with Crippen LogP contribution in [-0.4, -0.2) is 48.0 Å². The van der Waals surface area contributed by atoms with Crippen LogP contribution in [0.4, 0.5) is 17.5 Å². The van der Waals surface area contributed by atoms with Crippen molar-refractivity contribution < 1.29 is 4.79 Å². The Hall–Kier alpha value is -3.14. The molecule has 27 heavy (non-hydrogen) atoms. The highest BCUT2D eigenvalue weighted by atomic mass is 16.1. The van der Waals surface area contributed by atoms with Gasteiger partial charge in [-0.05, 0) is 43.7 Å².